The Morgan fingerprint density at radius 3 is 2.64 bits per heavy atom. The number of thioether (sulfide) groups is 1. The first kappa shape index (κ1) is 13.3. The molecular formula is C7H15O3PS3. The first-order valence-corrected chi connectivity index (χ1v) is 9.39. The maximum atomic E-state index is 5.63. The van der Waals surface area contributed by atoms with Crippen molar-refractivity contribution in [1.29, 1.82) is 0 Å². The SMILES string of the molecule is COP(=S)(OC)SCC1(C)OCCS1. The van der Waals surface area contributed by atoms with E-state index in [2.05, 4.69) is 6.92 Å². The van der Waals surface area contributed by atoms with Crippen LogP contribution >= 0.6 is 28.8 Å². The summed E-state index contributed by atoms with van der Waals surface area (Å²) in [6.45, 7) is 2.91. The van der Waals surface area contributed by atoms with Crippen LogP contribution in [0, 0.1) is 0 Å². The standard InChI is InChI=1S/C7H15O3PS3/c1-7(10-4-5-13-7)6-14-11(12,8-2)9-3/h4-6H2,1-3H3. The molecule has 1 rings (SSSR count). The molecule has 1 atom stereocenters. The van der Waals surface area contributed by atoms with Crippen molar-refractivity contribution >= 4 is 40.6 Å². The summed E-state index contributed by atoms with van der Waals surface area (Å²) in [5.41, 5.74) is -2.12. The van der Waals surface area contributed by atoms with E-state index in [1.807, 2.05) is 11.8 Å². The van der Waals surface area contributed by atoms with Gasteiger partial charge in [-0.1, -0.05) is 11.4 Å². The van der Waals surface area contributed by atoms with Crippen LogP contribution in [0.5, 0.6) is 0 Å². The zero-order valence-corrected chi connectivity index (χ0v) is 11.9. The van der Waals surface area contributed by atoms with Crippen molar-refractivity contribution in [3.63, 3.8) is 0 Å². The third-order valence-electron chi connectivity index (χ3n) is 1.83. The largest absolute Gasteiger partial charge is 0.363 e. The predicted octanol–water partition coefficient (Wildman–Crippen LogP) is 2.72. The van der Waals surface area contributed by atoms with E-state index in [1.54, 1.807) is 25.6 Å². The second-order valence-electron chi connectivity index (χ2n) is 2.92. The van der Waals surface area contributed by atoms with Crippen LogP contribution in [0.25, 0.3) is 0 Å². The molecule has 0 saturated carbocycles. The molecule has 0 aromatic rings. The lowest BCUT2D eigenvalue weighted by molar-refractivity contribution is 0.0843. The molecule has 1 aliphatic heterocycles. The van der Waals surface area contributed by atoms with Crippen LogP contribution in [0.2, 0.25) is 0 Å². The van der Waals surface area contributed by atoms with E-state index >= 15 is 0 Å². The van der Waals surface area contributed by atoms with Crippen LogP contribution in [0.3, 0.4) is 0 Å². The Morgan fingerprint density at radius 1 is 1.57 bits per heavy atom. The fourth-order valence-electron chi connectivity index (χ4n) is 1.02. The molecule has 1 saturated heterocycles. The van der Waals surface area contributed by atoms with Gasteiger partial charge in [0.25, 0.3) is 0 Å². The molecule has 1 aliphatic rings. The van der Waals surface area contributed by atoms with Gasteiger partial charge in [0.2, 0.25) is 5.69 Å². The molecule has 1 unspecified atom stereocenters. The van der Waals surface area contributed by atoms with Crippen molar-refractivity contribution in [3.05, 3.63) is 0 Å². The molecule has 0 bridgehead atoms. The number of ether oxygens (including phenoxy) is 1. The second kappa shape index (κ2) is 5.53. The van der Waals surface area contributed by atoms with Crippen molar-refractivity contribution in [2.24, 2.45) is 0 Å². The fourth-order valence-corrected chi connectivity index (χ4v) is 5.71. The summed E-state index contributed by atoms with van der Waals surface area (Å²) in [6, 6.07) is 0. The van der Waals surface area contributed by atoms with Gasteiger partial charge in [0.1, 0.15) is 4.93 Å². The summed E-state index contributed by atoms with van der Waals surface area (Å²) in [5.74, 6) is 1.87. The van der Waals surface area contributed by atoms with Gasteiger partial charge in [-0.05, 0) is 18.7 Å². The van der Waals surface area contributed by atoms with Crippen LogP contribution in [0.1, 0.15) is 6.92 Å². The van der Waals surface area contributed by atoms with Crippen molar-refractivity contribution < 1.29 is 13.8 Å². The van der Waals surface area contributed by atoms with Crippen molar-refractivity contribution in [2.75, 3.05) is 32.3 Å². The molecule has 0 aromatic heterocycles. The van der Waals surface area contributed by atoms with Gasteiger partial charge in [0.05, 0.1) is 6.61 Å². The monoisotopic (exact) mass is 274 g/mol. The Kier molecular flexibility index (Phi) is 5.25. The van der Waals surface area contributed by atoms with Gasteiger partial charge in [-0.3, -0.25) is 0 Å². The Balaban J connectivity index is 2.42. The van der Waals surface area contributed by atoms with E-state index in [0.717, 1.165) is 18.1 Å². The molecule has 1 fully saturated rings. The molecule has 3 nitrogen and oxygen atoms in total. The van der Waals surface area contributed by atoms with Gasteiger partial charge in [-0.2, -0.15) is 0 Å². The molecule has 0 N–H and O–H groups in total. The smallest absolute Gasteiger partial charge is 0.246 e. The highest BCUT2D eigenvalue weighted by Gasteiger charge is 2.33. The van der Waals surface area contributed by atoms with Crippen LogP contribution in [-0.2, 0) is 25.6 Å². The van der Waals surface area contributed by atoms with Gasteiger partial charge in [0, 0.05) is 25.7 Å². The highest BCUT2D eigenvalue weighted by molar-refractivity contribution is 8.68. The Hall–Kier alpha value is 1.23. The van der Waals surface area contributed by atoms with E-state index in [9.17, 15) is 0 Å². The van der Waals surface area contributed by atoms with E-state index < -0.39 is 5.69 Å². The number of hydrogen-bond acceptors (Lipinski definition) is 6. The lowest BCUT2D eigenvalue weighted by Gasteiger charge is -2.24. The minimum absolute atomic E-state index is 0.119. The van der Waals surface area contributed by atoms with Crippen LogP contribution < -0.4 is 0 Å². The normalized spacial score (nSPS) is 28.2. The van der Waals surface area contributed by atoms with Gasteiger partial charge in [0.15, 0.2) is 0 Å². The highest BCUT2D eigenvalue weighted by atomic mass is 32.9. The molecular weight excluding hydrogens is 259 g/mol. The predicted molar refractivity (Wildman–Crippen MR) is 67.6 cm³/mol. The lowest BCUT2D eigenvalue weighted by Crippen LogP contribution is -2.22. The molecule has 0 amide bonds. The highest BCUT2D eigenvalue weighted by Crippen LogP contribution is 2.61. The van der Waals surface area contributed by atoms with E-state index in [1.165, 1.54) is 0 Å². The maximum absolute atomic E-state index is 5.63. The summed E-state index contributed by atoms with van der Waals surface area (Å²) in [7, 11) is 3.20. The number of rotatable bonds is 5. The molecule has 0 aliphatic carbocycles. The summed E-state index contributed by atoms with van der Waals surface area (Å²) in [5, 5.41) is 0. The molecule has 1 heterocycles. The molecule has 0 radical (unpaired) electrons. The lowest BCUT2D eigenvalue weighted by atomic mass is 10.5. The van der Waals surface area contributed by atoms with Crippen LogP contribution in [-0.4, -0.2) is 37.3 Å². The Morgan fingerprint density at radius 2 is 2.21 bits per heavy atom. The van der Waals surface area contributed by atoms with Gasteiger partial charge in [-0.25, -0.2) is 0 Å². The summed E-state index contributed by atoms with van der Waals surface area (Å²) >= 11 is 8.63. The summed E-state index contributed by atoms with van der Waals surface area (Å²) in [6.07, 6.45) is 0. The van der Waals surface area contributed by atoms with Crippen molar-refractivity contribution in [2.45, 2.75) is 11.9 Å². The first-order chi connectivity index (χ1) is 6.54. The van der Waals surface area contributed by atoms with Crippen molar-refractivity contribution in [1.82, 2.24) is 0 Å². The molecule has 0 spiro atoms. The van der Waals surface area contributed by atoms with Crippen molar-refractivity contribution in [3.8, 4) is 0 Å². The zero-order chi connectivity index (χ0) is 10.7. The average Bonchev–Trinajstić information content (AvgIpc) is 2.63. The maximum Gasteiger partial charge on any atom is 0.246 e. The van der Waals surface area contributed by atoms with Gasteiger partial charge < -0.3 is 13.8 Å². The third kappa shape index (κ3) is 3.67. The quantitative estimate of drug-likeness (QED) is 0.716. The van der Waals surface area contributed by atoms with Crippen LogP contribution in [0.15, 0.2) is 0 Å². The topological polar surface area (TPSA) is 27.7 Å². The zero-order valence-electron chi connectivity index (χ0n) is 8.52. The fraction of sp³-hybridized carbons (Fsp3) is 1.00. The summed E-state index contributed by atoms with van der Waals surface area (Å²) < 4.78 is 16.0. The first-order valence-electron chi connectivity index (χ1n) is 4.17. The number of hydrogen-bond donors (Lipinski definition) is 0. The van der Waals surface area contributed by atoms with Gasteiger partial charge in [-0.15, -0.1) is 11.8 Å². The average molecular weight is 274 g/mol. The van der Waals surface area contributed by atoms with E-state index in [4.69, 9.17) is 25.6 Å². The molecule has 14 heavy (non-hydrogen) atoms. The Labute approximate surface area is 98.6 Å². The van der Waals surface area contributed by atoms with E-state index in [0.29, 0.717) is 0 Å². The van der Waals surface area contributed by atoms with Crippen LogP contribution in [0.4, 0.5) is 0 Å². The molecule has 0 aromatic carbocycles. The summed E-state index contributed by atoms with van der Waals surface area (Å²) in [4.78, 5) is -0.119. The second-order valence-corrected chi connectivity index (χ2v) is 11.0. The Bertz CT molecular complexity index is 222. The molecule has 84 valence electrons. The van der Waals surface area contributed by atoms with Gasteiger partial charge >= 0.3 is 0 Å². The minimum Gasteiger partial charge on any atom is -0.363 e. The minimum atomic E-state index is -2.12. The molecule has 7 heteroatoms. The third-order valence-corrected chi connectivity index (χ3v) is 9.22. The van der Waals surface area contributed by atoms with E-state index in [-0.39, 0.29) is 4.93 Å².